The van der Waals surface area contributed by atoms with Gasteiger partial charge in [0.1, 0.15) is 5.69 Å². The van der Waals surface area contributed by atoms with E-state index in [0.29, 0.717) is 0 Å². The summed E-state index contributed by atoms with van der Waals surface area (Å²) >= 11 is 7.81. The highest BCUT2D eigenvalue weighted by atomic mass is 79.9. The topological polar surface area (TPSA) is 45.8 Å². The summed E-state index contributed by atoms with van der Waals surface area (Å²) in [5.41, 5.74) is -2.38. The Morgan fingerprint density at radius 1 is 1.46 bits per heavy atom. The SMILES string of the molecule is O=c1nc(Cl)c(Br)c(C(F)(F)F)[nH]1. The molecule has 0 aliphatic heterocycles. The second kappa shape index (κ2) is 3.30. The van der Waals surface area contributed by atoms with Crippen molar-refractivity contribution in [3.05, 3.63) is 25.8 Å². The summed E-state index contributed by atoms with van der Waals surface area (Å²) in [6.07, 6.45) is -4.66. The lowest BCUT2D eigenvalue weighted by molar-refractivity contribution is -0.142. The minimum atomic E-state index is -4.66. The molecule has 0 aromatic carbocycles. The molecule has 0 atom stereocenters. The van der Waals surface area contributed by atoms with E-state index in [1.165, 1.54) is 4.98 Å². The third-order valence-corrected chi connectivity index (χ3v) is 2.39. The van der Waals surface area contributed by atoms with Gasteiger partial charge in [0.2, 0.25) is 0 Å². The van der Waals surface area contributed by atoms with Gasteiger partial charge in [-0.25, -0.2) is 4.79 Å². The molecule has 0 saturated carbocycles. The molecule has 1 heterocycles. The Hall–Kier alpha value is -0.560. The molecule has 1 aromatic heterocycles. The average molecular weight is 277 g/mol. The van der Waals surface area contributed by atoms with Crippen LogP contribution in [-0.2, 0) is 6.18 Å². The fourth-order valence-electron chi connectivity index (χ4n) is 0.626. The third kappa shape index (κ3) is 2.22. The zero-order valence-corrected chi connectivity index (χ0v) is 8.09. The molecule has 0 amide bonds. The summed E-state index contributed by atoms with van der Waals surface area (Å²) in [7, 11) is 0. The van der Waals surface area contributed by atoms with Crippen molar-refractivity contribution < 1.29 is 13.2 Å². The van der Waals surface area contributed by atoms with Crippen LogP contribution in [0.5, 0.6) is 0 Å². The quantitative estimate of drug-likeness (QED) is 0.739. The third-order valence-electron chi connectivity index (χ3n) is 1.12. The standard InChI is InChI=1S/C5HBrClF3N2O/c6-1-2(5(8,9)10)11-4(13)12-3(1)7/h(H,11,12,13). The minimum absolute atomic E-state index is 0.471. The summed E-state index contributed by atoms with van der Waals surface area (Å²) in [4.78, 5) is 15.1. The number of halogens is 5. The van der Waals surface area contributed by atoms with Gasteiger partial charge in [0, 0.05) is 0 Å². The van der Waals surface area contributed by atoms with Gasteiger partial charge in [-0.3, -0.25) is 0 Å². The Bertz CT molecular complexity index is 388. The molecule has 0 spiro atoms. The highest BCUT2D eigenvalue weighted by Crippen LogP contribution is 2.34. The van der Waals surface area contributed by atoms with Crippen LogP contribution in [0.1, 0.15) is 5.69 Å². The Balaban J connectivity index is 3.46. The number of rotatable bonds is 0. The number of H-pyrrole nitrogens is 1. The number of aromatic amines is 1. The number of aromatic nitrogens is 2. The largest absolute Gasteiger partial charge is 0.432 e. The molecule has 1 aromatic rings. The number of hydrogen-bond donors (Lipinski definition) is 1. The molecule has 0 unspecified atom stereocenters. The van der Waals surface area contributed by atoms with E-state index in [2.05, 4.69) is 20.9 Å². The maximum absolute atomic E-state index is 12.1. The van der Waals surface area contributed by atoms with Crippen molar-refractivity contribution in [2.24, 2.45) is 0 Å². The molecule has 0 aliphatic carbocycles. The van der Waals surface area contributed by atoms with Crippen LogP contribution in [0.3, 0.4) is 0 Å². The first-order valence-electron chi connectivity index (χ1n) is 2.85. The van der Waals surface area contributed by atoms with Crippen LogP contribution < -0.4 is 5.69 Å². The molecule has 0 saturated heterocycles. The van der Waals surface area contributed by atoms with E-state index in [9.17, 15) is 18.0 Å². The number of nitrogens with one attached hydrogen (secondary N) is 1. The first-order valence-corrected chi connectivity index (χ1v) is 4.02. The fourth-order valence-corrected chi connectivity index (χ4v) is 1.21. The van der Waals surface area contributed by atoms with Crippen LogP contribution in [0.15, 0.2) is 9.27 Å². The van der Waals surface area contributed by atoms with Crippen molar-refractivity contribution in [2.75, 3.05) is 0 Å². The molecule has 13 heavy (non-hydrogen) atoms. The minimum Gasteiger partial charge on any atom is -0.301 e. The van der Waals surface area contributed by atoms with E-state index in [1.807, 2.05) is 0 Å². The zero-order chi connectivity index (χ0) is 10.2. The zero-order valence-electron chi connectivity index (χ0n) is 5.75. The molecule has 72 valence electrons. The lowest BCUT2D eigenvalue weighted by atomic mass is 10.4. The van der Waals surface area contributed by atoms with Gasteiger partial charge >= 0.3 is 11.9 Å². The van der Waals surface area contributed by atoms with Gasteiger partial charge in [-0.15, -0.1) is 0 Å². The number of alkyl halides is 3. The molecule has 0 radical (unpaired) electrons. The van der Waals surface area contributed by atoms with Crippen LogP contribution >= 0.6 is 27.5 Å². The van der Waals surface area contributed by atoms with E-state index in [1.54, 1.807) is 0 Å². The van der Waals surface area contributed by atoms with Crippen LogP contribution in [0.25, 0.3) is 0 Å². The Kier molecular flexibility index (Phi) is 2.67. The molecule has 0 bridgehead atoms. The summed E-state index contributed by atoms with van der Waals surface area (Å²) in [5.74, 6) is 0. The smallest absolute Gasteiger partial charge is 0.301 e. The van der Waals surface area contributed by atoms with Gasteiger partial charge in [-0.1, -0.05) is 11.6 Å². The Morgan fingerprint density at radius 3 is 2.46 bits per heavy atom. The van der Waals surface area contributed by atoms with Crippen molar-refractivity contribution in [3.63, 3.8) is 0 Å². The van der Waals surface area contributed by atoms with Crippen LogP contribution in [0.4, 0.5) is 13.2 Å². The molecular weight excluding hydrogens is 276 g/mol. The van der Waals surface area contributed by atoms with Gasteiger partial charge in [0.25, 0.3) is 0 Å². The summed E-state index contributed by atoms with van der Waals surface area (Å²) in [6, 6.07) is 0. The van der Waals surface area contributed by atoms with Gasteiger partial charge in [0.05, 0.1) is 4.47 Å². The van der Waals surface area contributed by atoms with E-state index in [-0.39, 0.29) is 0 Å². The van der Waals surface area contributed by atoms with Gasteiger partial charge < -0.3 is 4.98 Å². The van der Waals surface area contributed by atoms with E-state index in [0.717, 1.165) is 0 Å². The van der Waals surface area contributed by atoms with Crippen molar-refractivity contribution >= 4 is 27.5 Å². The second-order valence-electron chi connectivity index (χ2n) is 2.02. The number of nitrogens with zero attached hydrogens (tertiary/aromatic N) is 1. The van der Waals surface area contributed by atoms with Gasteiger partial charge in [0.15, 0.2) is 5.15 Å². The normalized spacial score (nSPS) is 11.8. The van der Waals surface area contributed by atoms with Crippen LogP contribution in [-0.4, -0.2) is 9.97 Å². The predicted octanol–water partition coefficient (Wildman–Crippen LogP) is 2.20. The molecule has 0 fully saturated rings. The van der Waals surface area contributed by atoms with Gasteiger partial charge in [-0.2, -0.15) is 18.2 Å². The summed E-state index contributed by atoms with van der Waals surface area (Å²) < 4.78 is 35.9. The molecule has 1 rings (SSSR count). The lowest BCUT2D eigenvalue weighted by Gasteiger charge is -2.07. The van der Waals surface area contributed by atoms with E-state index in [4.69, 9.17) is 11.6 Å². The maximum Gasteiger partial charge on any atom is 0.432 e. The lowest BCUT2D eigenvalue weighted by Crippen LogP contribution is -2.19. The highest BCUT2D eigenvalue weighted by Gasteiger charge is 2.35. The second-order valence-corrected chi connectivity index (χ2v) is 3.17. The van der Waals surface area contributed by atoms with Crippen molar-refractivity contribution in [1.29, 1.82) is 0 Å². The summed E-state index contributed by atoms with van der Waals surface area (Å²) in [6.45, 7) is 0. The van der Waals surface area contributed by atoms with Gasteiger partial charge in [-0.05, 0) is 15.9 Å². The molecule has 8 heteroatoms. The summed E-state index contributed by atoms with van der Waals surface area (Å²) in [5, 5.41) is -0.518. The fraction of sp³-hybridized carbons (Fsp3) is 0.200. The maximum atomic E-state index is 12.1. The Morgan fingerprint density at radius 2 is 2.00 bits per heavy atom. The van der Waals surface area contributed by atoms with Crippen molar-refractivity contribution in [2.45, 2.75) is 6.18 Å². The predicted molar refractivity (Wildman–Crippen MR) is 42.6 cm³/mol. The van der Waals surface area contributed by atoms with Crippen LogP contribution in [0.2, 0.25) is 5.15 Å². The molecule has 0 aliphatic rings. The van der Waals surface area contributed by atoms with Crippen molar-refractivity contribution in [3.8, 4) is 0 Å². The highest BCUT2D eigenvalue weighted by molar-refractivity contribution is 9.10. The molecule has 1 N–H and O–H groups in total. The molecule has 3 nitrogen and oxygen atoms in total. The molecular formula is C5HBrClF3N2O. The Labute approximate surface area is 83.1 Å². The first kappa shape index (κ1) is 10.5. The van der Waals surface area contributed by atoms with E-state index < -0.39 is 27.2 Å². The van der Waals surface area contributed by atoms with E-state index >= 15 is 0 Å². The van der Waals surface area contributed by atoms with Crippen molar-refractivity contribution in [1.82, 2.24) is 9.97 Å². The number of hydrogen-bond acceptors (Lipinski definition) is 2. The average Bonchev–Trinajstić information content (AvgIpc) is 1.94. The van der Waals surface area contributed by atoms with Crippen LogP contribution in [0, 0.1) is 0 Å². The first-order chi connectivity index (χ1) is 5.82. The monoisotopic (exact) mass is 276 g/mol.